The highest BCUT2D eigenvalue weighted by Gasteiger charge is 1.99. The van der Waals surface area contributed by atoms with E-state index in [1.807, 2.05) is 13.8 Å². The molecule has 1 heterocycles. The lowest BCUT2D eigenvalue weighted by Gasteiger charge is -1.80. The Labute approximate surface area is 49.3 Å². The van der Waals surface area contributed by atoms with Gasteiger partial charge in [-0.3, -0.25) is 0 Å². The lowest BCUT2D eigenvalue weighted by Crippen LogP contribution is -2.00. The second-order valence-corrected chi connectivity index (χ2v) is 1.76. The summed E-state index contributed by atoms with van der Waals surface area (Å²) < 4.78 is 4.62. The third-order valence-electron chi connectivity index (χ3n) is 1.19. The highest BCUT2D eigenvalue weighted by atomic mass is 16.5. The molecule has 1 rings (SSSR count). The van der Waals surface area contributed by atoms with Gasteiger partial charge >= 0.3 is 0 Å². The van der Waals surface area contributed by atoms with Crippen LogP contribution >= 0.6 is 0 Å². The van der Waals surface area contributed by atoms with Crippen LogP contribution in [-0.4, -0.2) is 13.0 Å². The largest absolute Gasteiger partial charge is 0.373 e. The quantitative estimate of drug-likeness (QED) is 0.439. The summed E-state index contributed by atoms with van der Waals surface area (Å²) in [7, 11) is 5.31. The number of rotatable bonds is 0. The van der Waals surface area contributed by atoms with E-state index in [0.717, 1.165) is 11.3 Å². The van der Waals surface area contributed by atoms with Crippen LogP contribution in [0.5, 0.6) is 0 Å². The van der Waals surface area contributed by atoms with E-state index in [0.29, 0.717) is 5.66 Å². The Bertz CT molecular complexity index is 175. The number of hydrogen-bond donors (Lipinski definition) is 0. The molecule has 0 spiro atoms. The molecule has 0 atom stereocenters. The average molecular weight is 107 g/mol. The van der Waals surface area contributed by atoms with Gasteiger partial charge in [0.1, 0.15) is 0 Å². The molecular formula is C5H6BNO. The van der Waals surface area contributed by atoms with Crippen LogP contribution in [0.4, 0.5) is 0 Å². The summed E-state index contributed by atoms with van der Waals surface area (Å²) in [6.45, 7) is 3.73. The number of aryl methyl sites for hydroxylation is 1. The van der Waals surface area contributed by atoms with Crippen molar-refractivity contribution in [3.05, 3.63) is 11.3 Å². The van der Waals surface area contributed by atoms with Crippen molar-refractivity contribution in [2.24, 2.45) is 0 Å². The predicted molar refractivity (Wildman–Crippen MR) is 31.4 cm³/mol. The topological polar surface area (TPSA) is 26.0 Å². The summed E-state index contributed by atoms with van der Waals surface area (Å²) in [5.74, 6) is 0. The summed E-state index contributed by atoms with van der Waals surface area (Å²) in [6.07, 6.45) is 0. The van der Waals surface area contributed by atoms with Crippen LogP contribution in [0.25, 0.3) is 0 Å². The van der Waals surface area contributed by atoms with Gasteiger partial charge in [-0.15, -0.1) is 0 Å². The SMILES string of the molecule is [B]c1onc(C)c1C. The Kier molecular flexibility index (Phi) is 1.12. The van der Waals surface area contributed by atoms with E-state index in [1.54, 1.807) is 0 Å². The minimum Gasteiger partial charge on any atom is -0.373 e. The molecule has 2 nitrogen and oxygen atoms in total. The molecule has 0 amide bonds. The van der Waals surface area contributed by atoms with Crippen molar-refractivity contribution in [1.29, 1.82) is 0 Å². The summed E-state index contributed by atoms with van der Waals surface area (Å²) in [4.78, 5) is 0. The summed E-state index contributed by atoms with van der Waals surface area (Å²) >= 11 is 0. The van der Waals surface area contributed by atoms with Gasteiger partial charge in [0, 0.05) is 5.56 Å². The minimum atomic E-state index is 0.419. The molecule has 0 aliphatic heterocycles. The number of aromatic nitrogens is 1. The van der Waals surface area contributed by atoms with E-state index in [1.165, 1.54) is 0 Å². The standard InChI is InChI=1S/C5H6BNO/c1-3-4(2)7-8-5(3)6/h1-2H3. The van der Waals surface area contributed by atoms with E-state index in [9.17, 15) is 0 Å². The van der Waals surface area contributed by atoms with Crippen molar-refractivity contribution in [2.45, 2.75) is 13.8 Å². The van der Waals surface area contributed by atoms with E-state index in [4.69, 9.17) is 7.85 Å². The first-order chi connectivity index (χ1) is 3.72. The smallest absolute Gasteiger partial charge is 0.172 e. The highest BCUT2D eigenvalue weighted by Crippen LogP contribution is 1.96. The Morgan fingerprint density at radius 1 is 1.50 bits per heavy atom. The maximum Gasteiger partial charge on any atom is 0.172 e. The number of nitrogens with zero attached hydrogens (tertiary/aromatic N) is 1. The van der Waals surface area contributed by atoms with Crippen LogP contribution in [0.3, 0.4) is 0 Å². The van der Waals surface area contributed by atoms with Gasteiger partial charge in [0.15, 0.2) is 7.85 Å². The third-order valence-corrected chi connectivity index (χ3v) is 1.19. The van der Waals surface area contributed by atoms with Crippen molar-refractivity contribution in [2.75, 3.05) is 0 Å². The molecule has 0 bridgehead atoms. The van der Waals surface area contributed by atoms with E-state index in [2.05, 4.69) is 9.68 Å². The van der Waals surface area contributed by atoms with Crippen molar-refractivity contribution in [3.8, 4) is 0 Å². The van der Waals surface area contributed by atoms with Crippen molar-refractivity contribution >= 4 is 13.5 Å². The molecule has 8 heavy (non-hydrogen) atoms. The van der Waals surface area contributed by atoms with Crippen molar-refractivity contribution in [3.63, 3.8) is 0 Å². The van der Waals surface area contributed by atoms with E-state index >= 15 is 0 Å². The van der Waals surface area contributed by atoms with Crippen LogP contribution in [0.1, 0.15) is 11.3 Å². The fourth-order valence-electron chi connectivity index (χ4n) is 0.433. The molecule has 2 radical (unpaired) electrons. The Hall–Kier alpha value is -0.725. The molecule has 0 aromatic carbocycles. The second-order valence-electron chi connectivity index (χ2n) is 1.76. The normalized spacial score (nSPS) is 9.75. The van der Waals surface area contributed by atoms with Gasteiger partial charge in [0.05, 0.1) is 11.4 Å². The van der Waals surface area contributed by atoms with Gasteiger partial charge < -0.3 is 4.52 Å². The lowest BCUT2D eigenvalue weighted by molar-refractivity contribution is 0.440. The zero-order valence-electron chi connectivity index (χ0n) is 4.93. The van der Waals surface area contributed by atoms with Gasteiger partial charge in [-0.05, 0) is 13.8 Å². The maximum atomic E-state index is 5.31. The molecule has 40 valence electrons. The third kappa shape index (κ3) is 0.640. The van der Waals surface area contributed by atoms with Gasteiger partial charge in [0.25, 0.3) is 0 Å². The van der Waals surface area contributed by atoms with Gasteiger partial charge in [-0.1, -0.05) is 5.16 Å². The first-order valence-electron chi connectivity index (χ1n) is 2.40. The van der Waals surface area contributed by atoms with Crippen LogP contribution < -0.4 is 5.66 Å². The molecule has 3 heteroatoms. The molecule has 0 fully saturated rings. The lowest BCUT2D eigenvalue weighted by atomic mass is 10.0. The highest BCUT2D eigenvalue weighted by molar-refractivity contribution is 6.30. The van der Waals surface area contributed by atoms with Crippen LogP contribution in [-0.2, 0) is 0 Å². The summed E-state index contributed by atoms with van der Waals surface area (Å²) in [5, 5.41) is 3.62. The average Bonchev–Trinajstić information content (AvgIpc) is 1.98. The van der Waals surface area contributed by atoms with Crippen LogP contribution in [0.2, 0.25) is 0 Å². The zero-order chi connectivity index (χ0) is 6.15. The molecule has 0 saturated carbocycles. The van der Waals surface area contributed by atoms with Crippen LogP contribution in [0, 0.1) is 13.8 Å². The molecule has 0 saturated heterocycles. The second kappa shape index (κ2) is 1.65. The zero-order valence-corrected chi connectivity index (χ0v) is 4.93. The first kappa shape index (κ1) is 5.41. The van der Waals surface area contributed by atoms with Gasteiger partial charge in [-0.2, -0.15) is 0 Å². The summed E-state index contributed by atoms with van der Waals surface area (Å²) in [5.41, 5.74) is 2.22. The molecule has 0 N–H and O–H groups in total. The molecule has 1 aromatic heterocycles. The molecule has 0 unspecified atom stereocenters. The fourth-order valence-corrected chi connectivity index (χ4v) is 0.433. The molecule has 0 aliphatic carbocycles. The van der Waals surface area contributed by atoms with Gasteiger partial charge in [0.2, 0.25) is 0 Å². The van der Waals surface area contributed by atoms with Crippen molar-refractivity contribution in [1.82, 2.24) is 5.16 Å². The van der Waals surface area contributed by atoms with Gasteiger partial charge in [-0.25, -0.2) is 0 Å². The monoisotopic (exact) mass is 107 g/mol. The summed E-state index contributed by atoms with van der Waals surface area (Å²) in [6, 6.07) is 0. The Balaban J connectivity index is 3.19. The predicted octanol–water partition coefficient (Wildman–Crippen LogP) is 0.0852. The number of hydrogen-bond acceptors (Lipinski definition) is 2. The molecule has 0 aliphatic rings. The fraction of sp³-hybridized carbons (Fsp3) is 0.400. The first-order valence-corrected chi connectivity index (χ1v) is 2.40. The van der Waals surface area contributed by atoms with E-state index < -0.39 is 0 Å². The van der Waals surface area contributed by atoms with Crippen molar-refractivity contribution < 1.29 is 4.52 Å². The Morgan fingerprint density at radius 2 is 2.12 bits per heavy atom. The molecular weight excluding hydrogens is 101 g/mol. The van der Waals surface area contributed by atoms with E-state index in [-0.39, 0.29) is 0 Å². The minimum absolute atomic E-state index is 0.419. The van der Waals surface area contributed by atoms with Crippen LogP contribution in [0.15, 0.2) is 4.52 Å². The Morgan fingerprint density at radius 3 is 2.25 bits per heavy atom. The molecule has 1 aromatic rings. The maximum absolute atomic E-state index is 5.31.